The van der Waals surface area contributed by atoms with E-state index < -0.39 is 0 Å². The van der Waals surface area contributed by atoms with Crippen LogP contribution in [0, 0.1) is 0 Å². The van der Waals surface area contributed by atoms with Gasteiger partial charge in [-0.25, -0.2) is 0 Å². The lowest BCUT2D eigenvalue weighted by atomic mass is 10.1. The molecule has 0 aromatic heterocycles. The molecule has 0 spiro atoms. The monoisotopic (exact) mass is 239 g/mol. The second kappa shape index (κ2) is 5.34. The third kappa shape index (κ3) is 2.76. The Balaban J connectivity index is 2.01. The van der Waals surface area contributed by atoms with Crippen LogP contribution in [0.15, 0.2) is 18.2 Å². The fourth-order valence-corrected chi connectivity index (χ4v) is 2.96. The van der Waals surface area contributed by atoms with Gasteiger partial charge in [0.25, 0.3) is 0 Å². The van der Waals surface area contributed by atoms with E-state index in [0.29, 0.717) is 11.8 Å². The van der Waals surface area contributed by atoms with Crippen LogP contribution in [0.4, 0.5) is 5.69 Å². The molecule has 1 saturated heterocycles. The summed E-state index contributed by atoms with van der Waals surface area (Å²) >= 11 is 2.01. The molecule has 1 aromatic carbocycles. The average Bonchev–Trinajstić information content (AvgIpc) is 2.31. The summed E-state index contributed by atoms with van der Waals surface area (Å²) in [7, 11) is 1.56. The van der Waals surface area contributed by atoms with Crippen LogP contribution in [-0.2, 0) is 0 Å². The van der Waals surface area contributed by atoms with Gasteiger partial charge in [-0.1, -0.05) is 0 Å². The summed E-state index contributed by atoms with van der Waals surface area (Å²) in [6, 6.07) is 5.99. The van der Waals surface area contributed by atoms with Gasteiger partial charge in [-0.3, -0.25) is 0 Å². The molecule has 2 N–H and O–H groups in total. The summed E-state index contributed by atoms with van der Waals surface area (Å²) in [4.78, 5) is 0. The molecule has 16 heavy (non-hydrogen) atoms. The normalized spacial score (nSPS) is 17.1. The number of hydrogen-bond acceptors (Lipinski definition) is 4. The molecular weight excluding hydrogens is 222 g/mol. The van der Waals surface area contributed by atoms with Gasteiger partial charge in [0, 0.05) is 17.8 Å². The average molecular weight is 239 g/mol. The summed E-state index contributed by atoms with van der Waals surface area (Å²) in [5.74, 6) is 3.15. The van der Waals surface area contributed by atoms with Crippen LogP contribution < -0.4 is 10.1 Å². The van der Waals surface area contributed by atoms with Gasteiger partial charge in [0.2, 0.25) is 0 Å². The molecule has 0 atom stereocenters. The molecule has 0 radical (unpaired) electrons. The predicted molar refractivity (Wildman–Crippen MR) is 68.6 cm³/mol. The van der Waals surface area contributed by atoms with E-state index in [1.165, 1.54) is 24.3 Å². The fraction of sp³-hybridized carbons (Fsp3) is 0.500. The van der Waals surface area contributed by atoms with Crippen molar-refractivity contribution in [1.82, 2.24) is 0 Å². The van der Waals surface area contributed by atoms with Gasteiger partial charge >= 0.3 is 0 Å². The van der Waals surface area contributed by atoms with E-state index in [0.717, 1.165) is 5.69 Å². The number of nitrogens with one attached hydrogen (secondary N) is 1. The van der Waals surface area contributed by atoms with Crippen molar-refractivity contribution in [2.45, 2.75) is 18.9 Å². The molecule has 0 amide bonds. The first-order chi connectivity index (χ1) is 7.79. The Labute approximate surface area is 100 Å². The van der Waals surface area contributed by atoms with Crippen molar-refractivity contribution in [3.63, 3.8) is 0 Å². The molecule has 1 fully saturated rings. The molecule has 0 unspecified atom stereocenters. The predicted octanol–water partition coefficient (Wildman–Crippen LogP) is 2.71. The zero-order chi connectivity index (χ0) is 11.4. The summed E-state index contributed by atoms with van der Waals surface area (Å²) in [5.41, 5.74) is 0.968. The van der Waals surface area contributed by atoms with Gasteiger partial charge in [-0.05, 0) is 36.5 Å². The Morgan fingerprint density at radius 3 is 2.75 bits per heavy atom. The maximum Gasteiger partial charge on any atom is 0.160 e. The maximum atomic E-state index is 9.65. The smallest absolute Gasteiger partial charge is 0.160 e. The summed E-state index contributed by atoms with van der Waals surface area (Å²) in [5, 5.41) is 13.1. The van der Waals surface area contributed by atoms with Crippen LogP contribution in [0.2, 0.25) is 0 Å². The zero-order valence-corrected chi connectivity index (χ0v) is 10.2. The van der Waals surface area contributed by atoms with E-state index in [9.17, 15) is 5.11 Å². The highest BCUT2D eigenvalue weighted by Crippen LogP contribution is 2.30. The third-order valence-electron chi connectivity index (χ3n) is 2.77. The quantitative estimate of drug-likeness (QED) is 0.851. The lowest BCUT2D eigenvalue weighted by molar-refractivity contribution is 0.373. The molecule has 0 aliphatic carbocycles. The molecule has 1 aliphatic heterocycles. The molecule has 1 aromatic rings. The number of phenols is 1. The molecule has 4 heteroatoms. The van der Waals surface area contributed by atoms with Gasteiger partial charge in [0.05, 0.1) is 7.11 Å². The highest BCUT2D eigenvalue weighted by Gasteiger charge is 2.13. The maximum absolute atomic E-state index is 9.65. The van der Waals surface area contributed by atoms with Crippen molar-refractivity contribution in [2.24, 2.45) is 0 Å². The number of ether oxygens (including phenoxy) is 1. The van der Waals surface area contributed by atoms with E-state index >= 15 is 0 Å². The first-order valence-corrected chi connectivity index (χ1v) is 6.66. The van der Waals surface area contributed by atoms with Crippen molar-refractivity contribution in [3.8, 4) is 11.5 Å². The Morgan fingerprint density at radius 1 is 1.38 bits per heavy atom. The summed E-state index contributed by atoms with van der Waals surface area (Å²) in [6.07, 6.45) is 2.38. The van der Waals surface area contributed by atoms with Gasteiger partial charge < -0.3 is 15.2 Å². The molecule has 2 rings (SSSR count). The number of rotatable bonds is 3. The highest BCUT2D eigenvalue weighted by atomic mass is 32.2. The minimum Gasteiger partial charge on any atom is -0.504 e. The Hall–Kier alpha value is -1.03. The van der Waals surface area contributed by atoms with Crippen LogP contribution in [0.25, 0.3) is 0 Å². The molecule has 0 bridgehead atoms. The molecule has 1 aliphatic rings. The Morgan fingerprint density at radius 2 is 2.12 bits per heavy atom. The van der Waals surface area contributed by atoms with Gasteiger partial charge in [-0.2, -0.15) is 11.8 Å². The van der Waals surface area contributed by atoms with Crippen molar-refractivity contribution in [2.75, 3.05) is 23.9 Å². The minimum atomic E-state index is 0.192. The third-order valence-corrected chi connectivity index (χ3v) is 3.82. The van der Waals surface area contributed by atoms with Gasteiger partial charge in [0.1, 0.15) is 0 Å². The van der Waals surface area contributed by atoms with Crippen LogP contribution in [0.5, 0.6) is 11.5 Å². The van der Waals surface area contributed by atoms with Crippen LogP contribution >= 0.6 is 11.8 Å². The van der Waals surface area contributed by atoms with E-state index in [1.54, 1.807) is 19.2 Å². The standard InChI is InChI=1S/C12H17NO2S/c1-15-12-3-2-10(8-11(12)14)13-9-4-6-16-7-5-9/h2-3,8-9,13-14H,4-7H2,1H3. The van der Waals surface area contributed by atoms with E-state index in [2.05, 4.69) is 5.32 Å². The van der Waals surface area contributed by atoms with E-state index in [1.807, 2.05) is 17.8 Å². The number of hydrogen-bond donors (Lipinski definition) is 2. The lowest BCUT2D eigenvalue weighted by Gasteiger charge is -2.23. The zero-order valence-electron chi connectivity index (χ0n) is 9.40. The fourth-order valence-electron chi connectivity index (χ4n) is 1.86. The van der Waals surface area contributed by atoms with Crippen molar-refractivity contribution < 1.29 is 9.84 Å². The molecular formula is C12H17NO2S. The first-order valence-electron chi connectivity index (χ1n) is 5.51. The number of benzene rings is 1. The molecule has 88 valence electrons. The number of aromatic hydroxyl groups is 1. The van der Waals surface area contributed by atoms with Gasteiger partial charge in [0.15, 0.2) is 11.5 Å². The van der Waals surface area contributed by atoms with Crippen molar-refractivity contribution in [3.05, 3.63) is 18.2 Å². The lowest BCUT2D eigenvalue weighted by Crippen LogP contribution is -2.24. The minimum absolute atomic E-state index is 0.192. The van der Waals surface area contributed by atoms with Crippen LogP contribution in [-0.4, -0.2) is 29.8 Å². The number of methoxy groups -OCH3 is 1. The van der Waals surface area contributed by atoms with Crippen LogP contribution in [0.3, 0.4) is 0 Å². The summed E-state index contributed by atoms with van der Waals surface area (Å²) in [6.45, 7) is 0. The van der Waals surface area contributed by atoms with Crippen LogP contribution in [0.1, 0.15) is 12.8 Å². The van der Waals surface area contributed by atoms with E-state index in [-0.39, 0.29) is 5.75 Å². The second-order valence-electron chi connectivity index (χ2n) is 3.92. The molecule has 1 heterocycles. The SMILES string of the molecule is COc1ccc(NC2CCSCC2)cc1O. The Kier molecular flexibility index (Phi) is 3.83. The van der Waals surface area contributed by atoms with Crippen molar-refractivity contribution >= 4 is 17.4 Å². The molecule has 0 saturated carbocycles. The largest absolute Gasteiger partial charge is 0.504 e. The number of thioether (sulfide) groups is 1. The molecule has 3 nitrogen and oxygen atoms in total. The van der Waals surface area contributed by atoms with E-state index in [4.69, 9.17) is 4.74 Å². The summed E-state index contributed by atoms with van der Waals surface area (Å²) < 4.78 is 5.01. The van der Waals surface area contributed by atoms with Gasteiger partial charge in [-0.15, -0.1) is 0 Å². The number of phenolic OH excluding ortho intramolecular Hbond substituents is 1. The number of anilines is 1. The topological polar surface area (TPSA) is 41.5 Å². The first kappa shape index (κ1) is 11.5. The Bertz CT molecular complexity index is 351. The highest BCUT2D eigenvalue weighted by molar-refractivity contribution is 7.99. The van der Waals surface area contributed by atoms with Crippen molar-refractivity contribution in [1.29, 1.82) is 0 Å². The second-order valence-corrected chi connectivity index (χ2v) is 5.14.